The number of fused-ring (bicyclic) bond motifs is 1. The number of nitrogens with zero attached hydrogens (tertiary/aromatic N) is 2. The van der Waals surface area contributed by atoms with Gasteiger partial charge < -0.3 is 10.4 Å². The molecular formula is C10H11N3O5. The number of anilines is 1. The Morgan fingerprint density at radius 3 is 2.44 bits per heavy atom. The van der Waals surface area contributed by atoms with Gasteiger partial charge in [0.2, 0.25) is 5.91 Å². The molecule has 1 aliphatic heterocycles. The molecule has 0 saturated heterocycles. The number of carbonyl (C=O) groups excluding carboxylic acids is 1. The molecule has 0 fully saturated rings. The maximum Gasteiger partial charge on any atom is 0.332 e. The maximum absolute atomic E-state index is 11.9. The number of rotatable bonds is 2. The molecule has 0 aliphatic carbocycles. The number of amides is 1. The molecule has 0 radical (unpaired) electrons. The van der Waals surface area contributed by atoms with Gasteiger partial charge in [-0.15, -0.1) is 0 Å². The number of hydrogen-bond donors (Lipinski definition) is 2. The lowest BCUT2D eigenvalue weighted by molar-refractivity contribution is -0.138. The first kappa shape index (κ1) is 12.1. The third-order valence-electron chi connectivity index (χ3n) is 2.98. The molecule has 0 bridgehead atoms. The first-order chi connectivity index (χ1) is 8.34. The molecule has 2 heterocycles. The van der Waals surface area contributed by atoms with Crippen LogP contribution < -0.4 is 16.6 Å². The number of carboxylic acids is 1. The van der Waals surface area contributed by atoms with Crippen LogP contribution in [0.4, 0.5) is 5.82 Å². The van der Waals surface area contributed by atoms with Crippen LogP contribution in [0, 0.1) is 0 Å². The second-order valence-electron chi connectivity index (χ2n) is 4.11. The van der Waals surface area contributed by atoms with E-state index in [1.165, 1.54) is 14.1 Å². The fourth-order valence-electron chi connectivity index (χ4n) is 2.04. The highest BCUT2D eigenvalue weighted by molar-refractivity contribution is 6.03. The molecule has 1 aromatic rings. The molecule has 0 saturated carbocycles. The second-order valence-corrected chi connectivity index (χ2v) is 4.11. The summed E-state index contributed by atoms with van der Waals surface area (Å²) in [6, 6.07) is 0. The quantitative estimate of drug-likeness (QED) is 0.673. The first-order valence-electron chi connectivity index (χ1n) is 5.17. The number of carboxylic acid groups (broad SMARTS) is 1. The highest BCUT2D eigenvalue weighted by atomic mass is 16.4. The van der Waals surface area contributed by atoms with Crippen molar-refractivity contribution < 1.29 is 14.7 Å². The summed E-state index contributed by atoms with van der Waals surface area (Å²) in [5.74, 6) is -2.73. The van der Waals surface area contributed by atoms with Crippen LogP contribution in [0.5, 0.6) is 0 Å². The van der Waals surface area contributed by atoms with E-state index in [9.17, 15) is 19.2 Å². The zero-order valence-corrected chi connectivity index (χ0v) is 9.76. The molecule has 0 unspecified atom stereocenters. The standard InChI is InChI=1S/C10H11N3O5/c1-12-7-6(9(17)13(2)10(12)18)4(3-5(14)15)8(16)11-7/h4H,3H2,1-2H3,(H,11,16)(H,14,15)/t4-/m0/s1. The van der Waals surface area contributed by atoms with Crippen LogP contribution in [0.2, 0.25) is 0 Å². The normalized spacial score (nSPS) is 17.4. The number of aliphatic carboxylic acids is 1. The molecule has 8 nitrogen and oxygen atoms in total. The Balaban J connectivity index is 2.73. The highest BCUT2D eigenvalue weighted by Crippen LogP contribution is 2.30. The number of carbonyl (C=O) groups is 2. The van der Waals surface area contributed by atoms with Crippen LogP contribution in [0.15, 0.2) is 9.59 Å². The van der Waals surface area contributed by atoms with Gasteiger partial charge in [-0.2, -0.15) is 0 Å². The van der Waals surface area contributed by atoms with Crippen molar-refractivity contribution in [1.29, 1.82) is 0 Å². The van der Waals surface area contributed by atoms with E-state index in [0.29, 0.717) is 0 Å². The fraction of sp³-hybridized carbons (Fsp3) is 0.400. The van der Waals surface area contributed by atoms with Crippen molar-refractivity contribution in [3.05, 3.63) is 26.4 Å². The first-order valence-corrected chi connectivity index (χ1v) is 5.17. The Labute approximate surface area is 100 Å². The van der Waals surface area contributed by atoms with Crippen LogP contribution in [0.25, 0.3) is 0 Å². The summed E-state index contributed by atoms with van der Waals surface area (Å²) >= 11 is 0. The van der Waals surface area contributed by atoms with Crippen molar-refractivity contribution in [3.63, 3.8) is 0 Å². The summed E-state index contributed by atoms with van der Waals surface area (Å²) in [6.45, 7) is 0. The Morgan fingerprint density at radius 2 is 1.89 bits per heavy atom. The minimum absolute atomic E-state index is 0.0343. The van der Waals surface area contributed by atoms with Gasteiger partial charge >= 0.3 is 11.7 Å². The van der Waals surface area contributed by atoms with Gasteiger partial charge in [-0.1, -0.05) is 0 Å². The topological polar surface area (TPSA) is 110 Å². The van der Waals surface area contributed by atoms with Crippen molar-refractivity contribution in [1.82, 2.24) is 9.13 Å². The highest BCUT2D eigenvalue weighted by Gasteiger charge is 2.37. The minimum Gasteiger partial charge on any atom is -0.481 e. The van der Waals surface area contributed by atoms with Gasteiger partial charge in [0.25, 0.3) is 5.56 Å². The Morgan fingerprint density at radius 1 is 1.28 bits per heavy atom. The van der Waals surface area contributed by atoms with Crippen molar-refractivity contribution in [3.8, 4) is 0 Å². The fourth-order valence-corrected chi connectivity index (χ4v) is 2.04. The number of hydrogen-bond acceptors (Lipinski definition) is 4. The third kappa shape index (κ3) is 1.53. The predicted molar refractivity (Wildman–Crippen MR) is 60.5 cm³/mol. The van der Waals surface area contributed by atoms with E-state index in [-0.39, 0.29) is 11.4 Å². The molecule has 2 rings (SSSR count). The van der Waals surface area contributed by atoms with E-state index < -0.39 is 35.5 Å². The SMILES string of the molecule is Cn1c2c(c(=O)n(C)c1=O)[C@H](CC(=O)O)C(=O)N2. The largest absolute Gasteiger partial charge is 0.481 e. The Bertz CT molecular complexity index is 669. The summed E-state index contributed by atoms with van der Waals surface area (Å²) < 4.78 is 1.98. The smallest absolute Gasteiger partial charge is 0.332 e. The van der Waals surface area contributed by atoms with Gasteiger partial charge in [0.05, 0.1) is 17.9 Å². The van der Waals surface area contributed by atoms with Gasteiger partial charge in [-0.3, -0.25) is 23.5 Å². The number of aromatic nitrogens is 2. The molecule has 8 heteroatoms. The molecule has 1 atom stereocenters. The van der Waals surface area contributed by atoms with Crippen molar-refractivity contribution in [2.75, 3.05) is 5.32 Å². The van der Waals surface area contributed by atoms with Crippen LogP contribution in [0.3, 0.4) is 0 Å². The van der Waals surface area contributed by atoms with Gasteiger partial charge in [0.15, 0.2) is 0 Å². The van der Waals surface area contributed by atoms with Crippen molar-refractivity contribution >= 4 is 17.7 Å². The van der Waals surface area contributed by atoms with Gasteiger partial charge in [0.1, 0.15) is 5.82 Å². The lowest BCUT2D eigenvalue weighted by Crippen LogP contribution is -2.39. The zero-order chi connectivity index (χ0) is 13.6. The van der Waals surface area contributed by atoms with Crippen LogP contribution in [-0.4, -0.2) is 26.1 Å². The summed E-state index contributed by atoms with van der Waals surface area (Å²) in [5.41, 5.74) is -1.18. The zero-order valence-electron chi connectivity index (χ0n) is 9.76. The molecule has 1 aliphatic rings. The van der Waals surface area contributed by atoms with E-state index in [2.05, 4.69) is 5.32 Å². The van der Waals surface area contributed by atoms with Crippen molar-refractivity contribution in [2.24, 2.45) is 14.1 Å². The van der Waals surface area contributed by atoms with Crippen molar-refractivity contribution in [2.45, 2.75) is 12.3 Å². The van der Waals surface area contributed by atoms with Crippen LogP contribution in [-0.2, 0) is 23.7 Å². The predicted octanol–water partition coefficient (Wildman–Crippen LogP) is -1.41. The lowest BCUT2D eigenvalue weighted by atomic mass is 10.00. The maximum atomic E-state index is 11.9. The van der Waals surface area contributed by atoms with Crippen LogP contribution in [0.1, 0.15) is 17.9 Å². The van der Waals surface area contributed by atoms with E-state index in [1.807, 2.05) is 0 Å². The molecular weight excluding hydrogens is 242 g/mol. The monoisotopic (exact) mass is 253 g/mol. The third-order valence-corrected chi connectivity index (χ3v) is 2.98. The summed E-state index contributed by atoms with van der Waals surface area (Å²) in [5, 5.41) is 11.1. The molecule has 0 aromatic carbocycles. The average molecular weight is 253 g/mol. The van der Waals surface area contributed by atoms with Gasteiger partial charge in [-0.05, 0) is 0 Å². The average Bonchev–Trinajstić information content (AvgIpc) is 2.61. The molecule has 1 amide bonds. The number of nitrogens with one attached hydrogen (secondary N) is 1. The summed E-state index contributed by atoms with van der Waals surface area (Å²) in [7, 11) is 2.69. The Kier molecular flexibility index (Phi) is 2.57. The lowest BCUT2D eigenvalue weighted by Gasteiger charge is -2.09. The summed E-state index contributed by atoms with van der Waals surface area (Å²) in [4.78, 5) is 45.9. The molecule has 18 heavy (non-hydrogen) atoms. The Hall–Kier alpha value is -2.38. The minimum atomic E-state index is -1.18. The molecule has 2 N–H and O–H groups in total. The van der Waals surface area contributed by atoms with Gasteiger partial charge in [0, 0.05) is 14.1 Å². The van der Waals surface area contributed by atoms with E-state index in [1.54, 1.807) is 0 Å². The summed E-state index contributed by atoms with van der Waals surface area (Å²) in [6.07, 6.45) is -0.480. The van der Waals surface area contributed by atoms with E-state index in [0.717, 1.165) is 9.13 Å². The van der Waals surface area contributed by atoms with Crippen LogP contribution >= 0.6 is 0 Å². The molecule has 96 valence electrons. The van der Waals surface area contributed by atoms with E-state index >= 15 is 0 Å². The van der Waals surface area contributed by atoms with E-state index in [4.69, 9.17) is 5.11 Å². The molecule has 1 aromatic heterocycles. The van der Waals surface area contributed by atoms with Gasteiger partial charge in [-0.25, -0.2) is 4.79 Å². The molecule has 0 spiro atoms. The second kappa shape index (κ2) is 3.83.